The second-order valence-electron chi connectivity index (χ2n) is 5.35. The number of carbonyl (C=O) groups excluding carboxylic acids is 1. The first-order chi connectivity index (χ1) is 9.67. The number of carbonyl (C=O) groups is 1. The molecule has 1 fully saturated rings. The highest BCUT2D eigenvalue weighted by atomic mass is 19.1. The van der Waals surface area contributed by atoms with Crippen LogP contribution in [0.2, 0.25) is 0 Å². The highest BCUT2D eigenvalue weighted by Gasteiger charge is 2.38. The molecule has 0 aliphatic carbocycles. The minimum Gasteiger partial charge on any atom is -0.322 e. The monoisotopic (exact) mass is 278 g/mol. The lowest BCUT2D eigenvalue weighted by Gasteiger charge is -2.24. The zero-order valence-electron chi connectivity index (χ0n) is 12.2. The first-order valence-electron chi connectivity index (χ1n) is 7.49. The summed E-state index contributed by atoms with van der Waals surface area (Å²) in [5.41, 5.74) is 0.953. The van der Waals surface area contributed by atoms with E-state index in [4.69, 9.17) is 0 Å². The third-order valence-corrected chi connectivity index (χ3v) is 3.77. The summed E-state index contributed by atoms with van der Waals surface area (Å²) in [6.45, 7) is 4.95. The van der Waals surface area contributed by atoms with Gasteiger partial charge in [-0.3, -0.25) is 10.1 Å². The van der Waals surface area contributed by atoms with Gasteiger partial charge in [-0.15, -0.1) is 0 Å². The number of benzene rings is 1. The van der Waals surface area contributed by atoms with Crippen molar-refractivity contribution in [1.82, 2.24) is 10.2 Å². The molecule has 2 atom stereocenters. The Kier molecular flexibility index (Phi) is 5.12. The number of unbranched alkanes of at least 4 members (excludes halogenated alkanes) is 1. The average molecular weight is 278 g/mol. The van der Waals surface area contributed by atoms with Crippen LogP contribution in [0.1, 0.15) is 51.3 Å². The summed E-state index contributed by atoms with van der Waals surface area (Å²) in [6.07, 6.45) is 3.74. The van der Waals surface area contributed by atoms with Crippen LogP contribution >= 0.6 is 0 Å². The lowest BCUT2D eigenvalue weighted by Crippen LogP contribution is -2.32. The van der Waals surface area contributed by atoms with Crippen molar-refractivity contribution >= 4 is 5.91 Å². The summed E-state index contributed by atoms with van der Waals surface area (Å²) in [6, 6.07) is 6.31. The van der Waals surface area contributed by atoms with E-state index < -0.39 is 0 Å². The third-order valence-electron chi connectivity index (χ3n) is 3.77. The van der Waals surface area contributed by atoms with Crippen LogP contribution in [0.3, 0.4) is 0 Å². The predicted molar refractivity (Wildman–Crippen MR) is 77.6 cm³/mol. The minimum atomic E-state index is -0.247. The quantitative estimate of drug-likeness (QED) is 0.866. The van der Waals surface area contributed by atoms with Crippen LogP contribution in [0, 0.1) is 5.82 Å². The summed E-state index contributed by atoms with van der Waals surface area (Å²) in [4.78, 5) is 14.3. The van der Waals surface area contributed by atoms with Gasteiger partial charge in [-0.05, 0) is 30.5 Å². The molecule has 4 heteroatoms. The maximum atomic E-state index is 13.0. The highest BCUT2D eigenvalue weighted by molar-refractivity contribution is 5.84. The second-order valence-corrected chi connectivity index (χ2v) is 5.35. The largest absolute Gasteiger partial charge is 0.322 e. The normalized spacial score (nSPS) is 22.6. The SMILES string of the molecule is CCCCN1C(=O)C(CCC)NC1c1ccc(F)cc1. The summed E-state index contributed by atoms with van der Waals surface area (Å²) < 4.78 is 13.0. The van der Waals surface area contributed by atoms with Gasteiger partial charge in [-0.25, -0.2) is 4.39 Å². The second kappa shape index (κ2) is 6.84. The number of hydrogen-bond acceptors (Lipinski definition) is 2. The molecule has 1 amide bonds. The first-order valence-corrected chi connectivity index (χ1v) is 7.49. The molecule has 1 aliphatic rings. The molecule has 2 rings (SSSR count). The third kappa shape index (κ3) is 3.18. The van der Waals surface area contributed by atoms with Gasteiger partial charge in [0.1, 0.15) is 12.0 Å². The van der Waals surface area contributed by atoms with Gasteiger partial charge in [0.05, 0.1) is 6.04 Å². The molecule has 0 bridgehead atoms. The fourth-order valence-electron chi connectivity index (χ4n) is 2.66. The van der Waals surface area contributed by atoms with E-state index in [2.05, 4.69) is 19.2 Å². The standard InChI is InChI=1S/C16H23FN2O/c1-3-5-11-19-15(12-7-9-13(17)10-8-12)18-14(6-4-2)16(19)20/h7-10,14-15,18H,3-6,11H2,1-2H3. The number of nitrogens with zero attached hydrogens (tertiary/aromatic N) is 1. The van der Waals surface area contributed by atoms with Crippen molar-refractivity contribution in [1.29, 1.82) is 0 Å². The molecule has 1 heterocycles. The number of amides is 1. The lowest BCUT2D eigenvalue weighted by molar-refractivity contribution is -0.130. The van der Waals surface area contributed by atoms with Gasteiger partial charge in [-0.2, -0.15) is 0 Å². The maximum absolute atomic E-state index is 13.0. The van der Waals surface area contributed by atoms with Crippen LogP contribution in [0.15, 0.2) is 24.3 Å². The Morgan fingerprint density at radius 3 is 2.50 bits per heavy atom. The van der Waals surface area contributed by atoms with Gasteiger partial charge in [0, 0.05) is 6.54 Å². The van der Waals surface area contributed by atoms with Crippen LogP contribution in [0.4, 0.5) is 4.39 Å². The Morgan fingerprint density at radius 1 is 1.20 bits per heavy atom. The molecule has 1 aromatic rings. The van der Waals surface area contributed by atoms with Crippen LogP contribution in [-0.4, -0.2) is 23.4 Å². The smallest absolute Gasteiger partial charge is 0.241 e. The van der Waals surface area contributed by atoms with E-state index in [-0.39, 0.29) is 23.9 Å². The van der Waals surface area contributed by atoms with Gasteiger partial charge in [0.2, 0.25) is 5.91 Å². The van der Waals surface area contributed by atoms with E-state index in [9.17, 15) is 9.18 Å². The summed E-state index contributed by atoms with van der Waals surface area (Å²) in [7, 11) is 0. The number of rotatable bonds is 6. The fourth-order valence-corrected chi connectivity index (χ4v) is 2.66. The topological polar surface area (TPSA) is 32.3 Å². The molecular formula is C16H23FN2O. The highest BCUT2D eigenvalue weighted by Crippen LogP contribution is 2.27. The van der Waals surface area contributed by atoms with Gasteiger partial charge >= 0.3 is 0 Å². The fraction of sp³-hybridized carbons (Fsp3) is 0.562. The molecule has 0 spiro atoms. The maximum Gasteiger partial charge on any atom is 0.241 e. The van der Waals surface area contributed by atoms with Crippen LogP contribution in [0.5, 0.6) is 0 Å². The molecule has 1 aromatic carbocycles. The Bertz CT molecular complexity index is 446. The Hall–Kier alpha value is -1.42. The average Bonchev–Trinajstić information content (AvgIpc) is 2.75. The van der Waals surface area contributed by atoms with E-state index in [0.29, 0.717) is 0 Å². The zero-order valence-corrected chi connectivity index (χ0v) is 12.2. The molecule has 1 N–H and O–H groups in total. The van der Waals surface area contributed by atoms with Crippen molar-refractivity contribution in [2.24, 2.45) is 0 Å². The van der Waals surface area contributed by atoms with Crippen molar-refractivity contribution in [3.05, 3.63) is 35.6 Å². The van der Waals surface area contributed by atoms with Crippen molar-refractivity contribution in [2.45, 2.75) is 51.7 Å². The molecule has 2 unspecified atom stereocenters. The van der Waals surface area contributed by atoms with E-state index in [1.54, 1.807) is 12.1 Å². The van der Waals surface area contributed by atoms with E-state index in [1.165, 1.54) is 12.1 Å². The van der Waals surface area contributed by atoms with Crippen molar-refractivity contribution in [3.63, 3.8) is 0 Å². The van der Waals surface area contributed by atoms with Gasteiger partial charge < -0.3 is 4.90 Å². The molecule has 110 valence electrons. The number of hydrogen-bond donors (Lipinski definition) is 1. The van der Waals surface area contributed by atoms with Crippen molar-refractivity contribution in [2.75, 3.05) is 6.54 Å². The molecule has 20 heavy (non-hydrogen) atoms. The Balaban J connectivity index is 2.19. The first kappa shape index (κ1) is 15.0. The van der Waals surface area contributed by atoms with Crippen LogP contribution in [0.25, 0.3) is 0 Å². The molecule has 1 aliphatic heterocycles. The predicted octanol–water partition coefficient (Wildman–Crippen LogP) is 3.22. The number of halogens is 1. The van der Waals surface area contributed by atoms with E-state index in [1.807, 2.05) is 4.90 Å². The van der Waals surface area contributed by atoms with Crippen LogP contribution in [-0.2, 0) is 4.79 Å². The number of nitrogens with one attached hydrogen (secondary N) is 1. The summed E-state index contributed by atoms with van der Waals surface area (Å²) in [5, 5.41) is 3.39. The van der Waals surface area contributed by atoms with Crippen LogP contribution < -0.4 is 5.32 Å². The molecule has 0 saturated carbocycles. The van der Waals surface area contributed by atoms with Gasteiger partial charge in [-0.1, -0.05) is 38.8 Å². The molecule has 0 aromatic heterocycles. The summed E-state index contributed by atoms with van der Waals surface area (Å²) in [5.74, 6) is -0.0714. The molecule has 0 radical (unpaired) electrons. The van der Waals surface area contributed by atoms with Crippen molar-refractivity contribution in [3.8, 4) is 0 Å². The Morgan fingerprint density at radius 2 is 1.90 bits per heavy atom. The Labute approximate surface area is 120 Å². The van der Waals surface area contributed by atoms with E-state index in [0.717, 1.165) is 37.8 Å². The lowest BCUT2D eigenvalue weighted by atomic mass is 10.1. The summed E-state index contributed by atoms with van der Waals surface area (Å²) >= 11 is 0. The van der Waals surface area contributed by atoms with Gasteiger partial charge in [0.15, 0.2) is 0 Å². The van der Waals surface area contributed by atoms with Crippen molar-refractivity contribution < 1.29 is 9.18 Å². The van der Waals surface area contributed by atoms with E-state index >= 15 is 0 Å². The molecular weight excluding hydrogens is 255 g/mol. The van der Waals surface area contributed by atoms with Gasteiger partial charge in [0.25, 0.3) is 0 Å². The molecule has 1 saturated heterocycles. The minimum absolute atomic E-state index is 0.105. The zero-order chi connectivity index (χ0) is 14.5. The molecule has 3 nitrogen and oxygen atoms in total.